The first-order chi connectivity index (χ1) is 14.6. The summed E-state index contributed by atoms with van der Waals surface area (Å²) in [4.78, 5) is 28.0. The van der Waals surface area contributed by atoms with Crippen molar-refractivity contribution in [1.82, 2.24) is 29.4 Å². The first-order valence-electron chi connectivity index (χ1n) is 10.8. The van der Waals surface area contributed by atoms with Gasteiger partial charge in [0.15, 0.2) is 5.82 Å². The van der Waals surface area contributed by atoms with Crippen molar-refractivity contribution in [3.05, 3.63) is 52.0 Å². The quantitative estimate of drug-likeness (QED) is 0.667. The molecule has 2 aliphatic heterocycles. The van der Waals surface area contributed by atoms with Crippen LogP contribution in [0.25, 0.3) is 10.8 Å². The lowest BCUT2D eigenvalue weighted by molar-refractivity contribution is -0.133. The van der Waals surface area contributed by atoms with Gasteiger partial charge in [-0.25, -0.2) is 4.68 Å². The van der Waals surface area contributed by atoms with E-state index in [0.717, 1.165) is 61.4 Å². The fourth-order valence-corrected chi connectivity index (χ4v) is 4.82. The summed E-state index contributed by atoms with van der Waals surface area (Å²) >= 11 is 0. The second-order valence-electron chi connectivity index (χ2n) is 8.28. The molecular formula is C22H26N6O2. The normalized spacial score (nSPS) is 19.1. The third kappa shape index (κ3) is 3.20. The van der Waals surface area contributed by atoms with Gasteiger partial charge in [-0.3, -0.25) is 9.59 Å². The molecule has 2 aromatic heterocycles. The number of rotatable bonds is 3. The lowest BCUT2D eigenvalue weighted by Gasteiger charge is -2.25. The van der Waals surface area contributed by atoms with E-state index in [4.69, 9.17) is 0 Å². The third-order valence-electron chi connectivity index (χ3n) is 6.35. The average Bonchev–Trinajstić information content (AvgIpc) is 3.32. The molecule has 30 heavy (non-hydrogen) atoms. The van der Waals surface area contributed by atoms with Crippen molar-refractivity contribution < 1.29 is 4.79 Å². The summed E-state index contributed by atoms with van der Waals surface area (Å²) in [6.45, 7) is 3.41. The molecule has 8 nitrogen and oxygen atoms in total. The van der Waals surface area contributed by atoms with Crippen LogP contribution in [0, 0.1) is 6.92 Å². The van der Waals surface area contributed by atoms with E-state index in [1.165, 1.54) is 11.1 Å². The summed E-state index contributed by atoms with van der Waals surface area (Å²) in [5.41, 5.74) is 0.524. The summed E-state index contributed by atoms with van der Waals surface area (Å²) < 4.78 is 3.52. The Hall–Kier alpha value is -3.03. The summed E-state index contributed by atoms with van der Waals surface area (Å²) in [6, 6.07) is 7.33. The maximum Gasteiger partial charge on any atom is 0.275 e. The van der Waals surface area contributed by atoms with Gasteiger partial charge < -0.3 is 9.47 Å². The van der Waals surface area contributed by atoms with Gasteiger partial charge in [0.05, 0.1) is 17.1 Å². The number of fused-ring (bicyclic) bond motifs is 2. The Balaban J connectivity index is 1.43. The molecule has 0 aliphatic carbocycles. The molecule has 3 aromatic rings. The zero-order valence-electron chi connectivity index (χ0n) is 17.3. The molecule has 5 rings (SSSR count). The van der Waals surface area contributed by atoms with E-state index in [2.05, 4.69) is 19.9 Å². The van der Waals surface area contributed by atoms with Crippen LogP contribution >= 0.6 is 0 Å². The van der Waals surface area contributed by atoms with Gasteiger partial charge in [-0.05, 0) is 38.7 Å². The van der Waals surface area contributed by atoms with Crippen LogP contribution in [0.15, 0.2) is 29.1 Å². The van der Waals surface area contributed by atoms with Crippen molar-refractivity contribution in [2.75, 3.05) is 6.54 Å². The Kier molecular flexibility index (Phi) is 4.84. The number of carbonyl (C=O) groups excluding carboxylic acids is 1. The molecule has 8 heteroatoms. The Morgan fingerprint density at radius 3 is 2.77 bits per heavy atom. The molecule has 1 fully saturated rings. The SMILES string of the molecule is Cc1nn(CC(=O)N2CCCC2c2nnc3n2CCCCC3)c(=O)c2ccccc12. The van der Waals surface area contributed by atoms with Gasteiger partial charge in [-0.15, -0.1) is 10.2 Å². The van der Waals surface area contributed by atoms with Gasteiger partial charge in [0.25, 0.3) is 5.56 Å². The highest BCUT2D eigenvalue weighted by atomic mass is 16.2. The number of carbonyl (C=O) groups is 1. The number of hydrogen-bond acceptors (Lipinski definition) is 5. The van der Waals surface area contributed by atoms with E-state index in [9.17, 15) is 9.59 Å². The standard InChI is InChI=1S/C22H26N6O2/c1-15-16-8-4-5-9-17(16)22(30)28(25-15)14-20(29)26-13-7-10-18(26)21-24-23-19-11-3-2-6-12-27(19)21/h4-5,8-9,18H,2-3,6-7,10-14H2,1H3. The Morgan fingerprint density at radius 2 is 1.90 bits per heavy atom. The summed E-state index contributed by atoms with van der Waals surface area (Å²) in [7, 11) is 0. The molecule has 1 aromatic carbocycles. The molecule has 0 radical (unpaired) electrons. The zero-order valence-corrected chi connectivity index (χ0v) is 17.3. The van der Waals surface area contributed by atoms with E-state index in [1.807, 2.05) is 30.0 Å². The maximum atomic E-state index is 13.2. The largest absolute Gasteiger partial charge is 0.331 e. The molecule has 156 valence electrons. The monoisotopic (exact) mass is 406 g/mol. The van der Waals surface area contributed by atoms with Gasteiger partial charge >= 0.3 is 0 Å². The topological polar surface area (TPSA) is 85.9 Å². The van der Waals surface area contributed by atoms with E-state index in [-0.39, 0.29) is 24.1 Å². The van der Waals surface area contributed by atoms with Crippen molar-refractivity contribution in [2.45, 2.75) is 64.6 Å². The highest BCUT2D eigenvalue weighted by Crippen LogP contribution is 2.32. The molecule has 0 spiro atoms. The van der Waals surface area contributed by atoms with Crippen LogP contribution in [-0.4, -0.2) is 41.9 Å². The molecule has 1 unspecified atom stereocenters. The second-order valence-corrected chi connectivity index (χ2v) is 8.28. The minimum absolute atomic E-state index is 0.0536. The van der Waals surface area contributed by atoms with E-state index in [1.54, 1.807) is 6.07 Å². The van der Waals surface area contributed by atoms with Gasteiger partial charge in [0, 0.05) is 24.9 Å². The second kappa shape index (κ2) is 7.66. The van der Waals surface area contributed by atoms with Crippen molar-refractivity contribution in [2.24, 2.45) is 0 Å². The van der Waals surface area contributed by atoms with Crippen LogP contribution < -0.4 is 5.56 Å². The van der Waals surface area contributed by atoms with Crippen LogP contribution in [0.2, 0.25) is 0 Å². The highest BCUT2D eigenvalue weighted by molar-refractivity contribution is 5.83. The van der Waals surface area contributed by atoms with Crippen molar-refractivity contribution in [3.8, 4) is 0 Å². The van der Waals surface area contributed by atoms with Crippen molar-refractivity contribution >= 4 is 16.7 Å². The predicted octanol–water partition coefficient (Wildman–Crippen LogP) is 2.39. The first-order valence-corrected chi connectivity index (χ1v) is 10.8. The number of amides is 1. The van der Waals surface area contributed by atoms with E-state index in [0.29, 0.717) is 11.9 Å². The Labute approximate surface area is 174 Å². The fourth-order valence-electron chi connectivity index (χ4n) is 4.82. The van der Waals surface area contributed by atoms with Crippen molar-refractivity contribution in [1.29, 1.82) is 0 Å². The Bertz CT molecular complexity index is 1160. The number of benzene rings is 1. The van der Waals surface area contributed by atoms with Crippen LogP contribution in [0.4, 0.5) is 0 Å². The van der Waals surface area contributed by atoms with Gasteiger partial charge in [-0.1, -0.05) is 24.6 Å². The van der Waals surface area contributed by atoms with Crippen LogP contribution in [0.1, 0.15) is 55.5 Å². The maximum absolute atomic E-state index is 13.2. The van der Waals surface area contributed by atoms with Crippen LogP contribution in [0.3, 0.4) is 0 Å². The molecule has 1 atom stereocenters. The molecule has 0 saturated carbocycles. The number of aryl methyl sites for hydroxylation is 2. The summed E-state index contributed by atoms with van der Waals surface area (Å²) in [5.74, 6) is 1.84. The van der Waals surface area contributed by atoms with Gasteiger partial charge in [-0.2, -0.15) is 5.10 Å². The molecule has 1 amide bonds. The fraction of sp³-hybridized carbons (Fsp3) is 0.500. The molecule has 1 saturated heterocycles. The minimum atomic E-state index is -0.225. The smallest absolute Gasteiger partial charge is 0.275 e. The lowest BCUT2D eigenvalue weighted by Crippen LogP contribution is -2.38. The number of likely N-dealkylation sites (tertiary alicyclic amines) is 1. The predicted molar refractivity (Wildman–Crippen MR) is 112 cm³/mol. The molecular weight excluding hydrogens is 380 g/mol. The Morgan fingerprint density at radius 1 is 1.07 bits per heavy atom. The summed E-state index contributed by atoms with van der Waals surface area (Å²) in [6.07, 6.45) is 6.21. The van der Waals surface area contributed by atoms with Crippen molar-refractivity contribution in [3.63, 3.8) is 0 Å². The van der Waals surface area contributed by atoms with Crippen LogP contribution in [0.5, 0.6) is 0 Å². The number of aromatic nitrogens is 5. The van der Waals surface area contributed by atoms with Gasteiger partial charge in [0.2, 0.25) is 5.91 Å². The zero-order chi connectivity index (χ0) is 20.7. The number of hydrogen-bond donors (Lipinski definition) is 0. The number of nitrogens with zero attached hydrogens (tertiary/aromatic N) is 6. The first kappa shape index (κ1) is 19.0. The average molecular weight is 406 g/mol. The molecule has 0 N–H and O–H groups in total. The summed E-state index contributed by atoms with van der Waals surface area (Å²) in [5, 5.41) is 14.7. The highest BCUT2D eigenvalue weighted by Gasteiger charge is 2.34. The van der Waals surface area contributed by atoms with Crippen LogP contribution in [-0.2, 0) is 24.3 Å². The molecule has 0 bridgehead atoms. The minimum Gasteiger partial charge on any atom is -0.331 e. The van der Waals surface area contributed by atoms with E-state index < -0.39 is 0 Å². The lowest BCUT2D eigenvalue weighted by atomic mass is 10.1. The van der Waals surface area contributed by atoms with Gasteiger partial charge in [0.1, 0.15) is 12.4 Å². The molecule has 2 aliphatic rings. The van der Waals surface area contributed by atoms with E-state index >= 15 is 0 Å². The molecule has 4 heterocycles. The third-order valence-corrected chi connectivity index (χ3v) is 6.35.